The maximum absolute atomic E-state index is 13.5. The molecule has 0 spiro atoms. The SMILES string of the molecule is CC(C)(C)[Si](OC[C@@H](O)[C@@]1(O)[C@@H](OCc2ccccc2)CC(=O)N1Cc1ccccc1)(c1ccccc1)c1ccccc1. The van der Waals surface area contributed by atoms with Crippen LogP contribution in [0.5, 0.6) is 0 Å². The van der Waals surface area contributed by atoms with Crippen LogP contribution in [0.15, 0.2) is 121 Å². The summed E-state index contributed by atoms with van der Waals surface area (Å²) in [6.07, 6.45) is -2.45. The van der Waals surface area contributed by atoms with Crippen molar-refractivity contribution < 1.29 is 24.2 Å². The maximum atomic E-state index is 13.5. The molecule has 1 fully saturated rings. The van der Waals surface area contributed by atoms with Crippen molar-refractivity contribution in [3.8, 4) is 0 Å². The molecule has 5 rings (SSSR count). The van der Waals surface area contributed by atoms with Crippen LogP contribution in [0.3, 0.4) is 0 Å². The van der Waals surface area contributed by atoms with Gasteiger partial charge in [-0.1, -0.05) is 142 Å². The predicted octanol–water partition coefficient (Wildman–Crippen LogP) is 4.63. The van der Waals surface area contributed by atoms with Gasteiger partial charge in [-0.15, -0.1) is 0 Å². The van der Waals surface area contributed by atoms with Gasteiger partial charge in [0.05, 0.1) is 19.6 Å². The molecule has 6 nitrogen and oxygen atoms in total. The van der Waals surface area contributed by atoms with E-state index in [1.807, 2.05) is 97.1 Å². The molecule has 0 bridgehead atoms. The number of benzene rings is 4. The lowest BCUT2D eigenvalue weighted by atomic mass is 10.00. The fourth-order valence-corrected chi connectivity index (χ4v) is 10.8. The standard InChI is InChI=1S/C36H41NO5Si/c1-35(2,3)43(30-20-12-6-13-21-30,31-22-14-7-15-23-31)42-27-32(38)36(40)33(41-26-29-18-10-5-11-19-29)24-34(39)37(36)25-28-16-8-4-9-17-28/h4-23,32-33,38,40H,24-27H2,1-3H3/t32-,33+,36-/m1/s1. The minimum atomic E-state index is -3.02. The first-order valence-electron chi connectivity index (χ1n) is 14.8. The third-order valence-electron chi connectivity index (χ3n) is 8.41. The number of amides is 1. The molecular formula is C36H41NO5Si. The Morgan fingerprint density at radius 1 is 0.814 bits per heavy atom. The Bertz CT molecular complexity index is 1420. The highest BCUT2D eigenvalue weighted by atomic mass is 28.4. The van der Waals surface area contributed by atoms with E-state index in [0.29, 0.717) is 0 Å². The lowest BCUT2D eigenvalue weighted by molar-refractivity contribution is -0.225. The van der Waals surface area contributed by atoms with Crippen LogP contribution in [-0.2, 0) is 27.1 Å². The zero-order valence-electron chi connectivity index (χ0n) is 25.1. The third-order valence-corrected chi connectivity index (χ3v) is 13.4. The summed E-state index contributed by atoms with van der Waals surface area (Å²) in [5, 5.41) is 26.1. The van der Waals surface area contributed by atoms with E-state index < -0.39 is 26.3 Å². The van der Waals surface area contributed by atoms with E-state index in [2.05, 4.69) is 45.0 Å². The summed E-state index contributed by atoms with van der Waals surface area (Å²) >= 11 is 0. The average Bonchev–Trinajstić information content (AvgIpc) is 3.27. The van der Waals surface area contributed by atoms with Crippen LogP contribution in [0, 0.1) is 0 Å². The third kappa shape index (κ3) is 6.23. The molecule has 4 aromatic carbocycles. The smallest absolute Gasteiger partial charge is 0.261 e. The topological polar surface area (TPSA) is 79.2 Å². The molecule has 224 valence electrons. The van der Waals surface area contributed by atoms with Crippen LogP contribution in [0.2, 0.25) is 5.04 Å². The molecule has 1 aliphatic rings. The lowest BCUT2D eigenvalue weighted by Gasteiger charge is -2.45. The van der Waals surface area contributed by atoms with E-state index in [1.54, 1.807) is 0 Å². The molecule has 7 heteroatoms. The number of hydrogen-bond acceptors (Lipinski definition) is 5. The molecule has 0 saturated carbocycles. The summed E-state index contributed by atoms with van der Waals surface area (Å²) in [7, 11) is -3.02. The fourth-order valence-electron chi connectivity index (χ4n) is 6.21. The monoisotopic (exact) mass is 595 g/mol. The van der Waals surface area contributed by atoms with E-state index in [9.17, 15) is 15.0 Å². The molecule has 1 aliphatic heterocycles. The van der Waals surface area contributed by atoms with Crippen molar-refractivity contribution in [1.82, 2.24) is 4.90 Å². The molecule has 3 atom stereocenters. The minimum Gasteiger partial charge on any atom is -0.405 e. The maximum Gasteiger partial charge on any atom is 0.261 e. The van der Waals surface area contributed by atoms with Gasteiger partial charge in [-0.3, -0.25) is 4.79 Å². The Balaban J connectivity index is 1.50. The van der Waals surface area contributed by atoms with Gasteiger partial charge in [0.2, 0.25) is 5.91 Å². The van der Waals surface area contributed by atoms with Gasteiger partial charge in [-0.2, -0.15) is 0 Å². The van der Waals surface area contributed by atoms with E-state index in [-0.39, 0.29) is 37.1 Å². The van der Waals surface area contributed by atoms with Crippen molar-refractivity contribution in [2.24, 2.45) is 0 Å². The van der Waals surface area contributed by atoms with Gasteiger partial charge in [0, 0.05) is 6.54 Å². The van der Waals surface area contributed by atoms with Gasteiger partial charge in [-0.25, -0.2) is 0 Å². The first kappa shape index (κ1) is 30.9. The Hall–Kier alpha value is -3.59. The zero-order chi connectivity index (χ0) is 30.5. The second-order valence-electron chi connectivity index (χ2n) is 12.2. The lowest BCUT2D eigenvalue weighted by Crippen LogP contribution is -2.68. The van der Waals surface area contributed by atoms with E-state index >= 15 is 0 Å². The van der Waals surface area contributed by atoms with Crippen LogP contribution in [-0.4, -0.2) is 53.9 Å². The predicted molar refractivity (Wildman–Crippen MR) is 171 cm³/mol. The summed E-state index contributed by atoms with van der Waals surface area (Å²) in [6.45, 7) is 6.63. The first-order valence-corrected chi connectivity index (χ1v) is 16.7. The Labute approximate surface area is 255 Å². The molecule has 0 aliphatic carbocycles. The van der Waals surface area contributed by atoms with Crippen molar-refractivity contribution in [1.29, 1.82) is 0 Å². The molecular weight excluding hydrogens is 554 g/mol. The van der Waals surface area contributed by atoms with Crippen molar-refractivity contribution >= 4 is 24.6 Å². The number of likely N-dealkylation sites (tertiary alicyclic amines) is 1. The molecule has 0 aromatic heterocycles. The second-order valence-corrected chi connectivity index (χ2v) is 16.5. The number of hydrogen-bond donors (Lipinski definition) is 2. The Kier molecular flexibility index (Phi) is 9.30. The minimum absolute atomic E-state index is 0.0492. The fraction of sp³-hybridized carbons (Fsp3) is 0.306. The van der Waals surface area contributed by atoms with E-state index in [0.717, 1.165) is 21.5 Å². The quantitative estimate of drug-likeness (QED) is 0.247. The van der Waals surface area contributed by atoms with Gasteiger partial charge in [-0.05, 0) is 26.5 Å². The summed E-state index contributed by atoms with van der Waals surface area (Å²) in [4.78, 5) is 14.8. The van der Waals surface area contributed by atoms with Gasteiger partial charge >= 0.3 is 0 Å². The highest BCUT2D eigenvalue weighted by Crippen LogP contribution is 2.39. The van der Waals surface area contributed by atoms with Crippen molar-refractivity contribution in [2.45, 2.75) is 63.3 Å². The summed E-state index contributed by atoms with van der Waals surface area (Å²) < 4.78 is 13.2. The van der Waals surface area contributed by atoms with Gasteiger partial charge in [0.1, 0.15) is 12.2 Å². The van der Waals surface area contributed by atoms with Crippen molar-refractivity contribution in [3.05, 3.63) is 132 Å². The molecule has 1 saturated heterocycles. The zero-order valence-corrected chi connectivity index (χ0v) is 26.1. The molecule has 0 radical (unpaired) electrons. The van der Waals surface area contributed by atoms with E-state index in [4.69, 9.17) is 9.16 Å². The number of carbonyl (C=O) groups is 1. The first-order chi connectivity index (χ1) is 20.7. The molecule has 43 heavy (non-hydrogen) atoms. The highest BCUT2D eigenvalue weighted by molar-refractivity contribution is 6.99. The van der Waals surface area contributed by atoms with Crippen LogP contribution in [0.25, 0.3) is 0 Å². The number of rotatable bonds is 11. The molecule has 2 N–H and O–H groups in total. The van der Waals surface area contributed by atoms with Crippen LogP contribution in [0.4, 0.5) is 0 Å². The summed E-state index contributed by atoms with van der Waals surface area (Å²) in [5.41, 5.74) is -0.248. The van der Waals surface area contributed by atoms with Crippen molar-refractivity contribution in [3.63, 3.8) is 0 Å². The normalized spacial score (nSPS) is 19.9. The number of aliphatic hydroxyl groups excluding tert-OH is 1. The molecule has 1 heterocycles. The van der Waals surface area contributed by atoms with Gasteiger partial charge in [0.15, 0.2) is 5.72 Å². The number of aliphatic hydroxyl groups is 2. The van der Waals surface area contributed by atoms with Crippen molar-refractivity contribution in [2.75, 3.05) is 6.61 Å². The summed E-state index contributed by atoms with van der Waals surface area (Å²) in [5.74, 6) is -0.283. The number of nitrogens with zero attached hydrogens (tertiary/aromatic N) is 1. The molecule has 0 unspecified atom stereocenters. The largest absolute Gasteiger partial charge is 0.405 e. The highest BCUT2D eigenvalue weighted by Gasteiger charge is 2.58. The Morgan fingerprint density at radius 3 is 1.77 bits per heavy atom. The van der Waals surface area contributed by atoms with Gasteiger partial charge < -0.3 is 24.3 Å². The number of ether oxygens (including phenoxy) is 1. The van der Waals surface area contributed by atoms with Crippen LogP contribution >= 0.6 is 0 Å². The second kappa shape index (κ2) is 13.0. The average molecular weight is 596 g/mol. The van der Waals surface area contributed by atoms with Crippen LogP contribution in [0.1, 0.15) is 38.3 Å². The molecule has 4 aromatic rings. The number of carbonyl (C=O) groups excluding carboxylic acids is 1. The van der Waals surface area contributed by atoms with E-state index in [1.165, 1.54) is 4.90 Å². The molecule has 1 amide bonds. The van der Waals surface area contributed by atoms with Crippen LogP contribution < -0.4 is 10.4 Å². The summed E-state index contributed by atoms with van der Waals surface area (Å²) in [6, 6.07) is 39.4. The Morgan fingerprint density at radius 2 is 1.28 bits per heavy atom. The van der Waals surface area contributed by atoms with Gasteiger partial charge in [0.25, 0.3) is 8.32 Å².